The molecule has 2 rings (SSSR count). The quantitative estimate of drug-likeness (QED) is 0.815. The van der Waals surface area contributed by atoms with Crippen LogP contribution in [0.15, 0.2) is 30.3 Å². The first-order chi connectivity index (χ1) is 10.4. The van der Waals surface area contributed by atoms with Crippen LogP contribution in [0.3, 0.4) is 0 Å². The van der Waals surface area contributed by atoms with Crippen LogP contribution in [0.2, 0.25) is 10.0 Å². The molecule has 0 saturated heterocycles. The summed E-state index contributed by atoms with van der Waals surface area (Å²) in [4.78, 5) is 11.9. The fourth-order valence-electron chi connectivity index (χ4n) is 1.93. The molecule has 4 nitrogen and oxygen atoms in total. The van der Waals surface area contributed by atoms with Gasteiger partial charge in [0.2, 0.25) is 0 Å². The molecule has 0 saturated carbocycles. The van der Waals surface area contributed by atoms with Gasteiger partial charge in [0.1, 0.15) is 11.5 Å². The lowest BCUT2D eigenvalue weighted by molar-refractivity contribution is -0.118. The topological polar surface area (TPSA) is 58.6 Å². The highest BCUT2D eigenvalue weighted by atomic mass is 35.5. The molecule has 0 aliphatic rings. The van der Waals surface area contributed by atoms with Crippen molar-refractivity contribution in [2.24, 2.45) is 0 Å². The lowest BCUT2D eigenvalue weighted by atomic mass is 10.1. The normalized spacial score (nSPS) is 10.4. The Morgan fingerprint density at radius 3 is 2.45 bits per heavy atom. The fourth-order valence-corrected chi connectivity index (χ4v) is 2.21. The maximum Gasteiger partial charge on any atom is 0.262 e. The highest BCUT2D eigenvalue weighted by Crippen LogP contribution is 2.27. The summed E-state index contributed by atoms with van der Waals surface area (Å²) >= 11 is 11.9. The van der Waals surface area contributed by atoms with Gasteiger partial charge in [-0.3, -0.25) is 4.79 Å². The van der Waals surface area contributed by atoms with Crippen molar-refractivity contribution < 1.29 is 14.6 Å². The van der Waals surface area contributed by atoms with Crippen LogP contribution in [-0.2, 0) is 4.79 Å². The van der Waals surface area contributed by atoms with Crippen molar-refractivity contribution in [2.45, 2.75) is 13.8 Å². The van der Waals surface area contributed by atoms with E-state index in [1.165, 1.54) is 18.2 Å². The molecule has 2 aromatic carbocycles. The first-order valence-corrected chi connectivity index (χ1v) is 7.30. The second-order valence-electron chi connectivity index (χ2n) is 4.87. The van der Waals surface area contributed by atoms with Gasteiger partial charge in [0.05, 0.1) is 5.69 Å². The Bertz CT molecular complexity index is 694. The number of hydrogen-bond acceptors (Lipinski definition) is 3. The molecule has 6 heteroatoms. The third kappa shape index (κ3) is 4.06. The third-order valence-corrected chi connectivity index (χ3v) is 3.84. The first kappa shape index (κ1) is 16.5. The number of hydrogen-bond donors (Lipinski definition) is 2. The zero-order valence-electron chi connectivity index (χ0n) is 12.1. The van der Waals surface area contributed by atoms with Crippen molar-refractivity contribution in [2.75, 3.05) is 11.9 Å². The maximum atomic E-state index is 11.9. The summed E-state index contributed by atoms with van der Waals surface area (Å²) in [5, 5.41) is 13.3. The predicted octanol–water partition coefficient (Wildman–Crippen LogP) is 4.33. The molecule has 2 aromatic rings. The summed E-state index contributed by atoms with van der Waals surface area (Å²) in [5.74, 6) is 0.101. The third-order valence-electron chi connectivity index (χ3n) is 3.01. The molecule has 0 spiro atoms. The molecule has 2 N–H and O–H groups in total. The van der Waals surface area contributed by atoms with Gasteiger partial charge in [-0.1, -0.05) is 23.2 Å². The van der Waals surface area contributed by atoms with Gasteiger partial charge in [0, 0.05) is 10.0 Å². The molecule has 0 fully saturated rings. The Morgan fingerprint density at radius 1 is 1.18 bits per heavy atom. The minimum atomic E-state index is -0.400. The van der Waals surface area contributed by atoms with Crippen molar-refractivity contribution in [1.29, 1.82) is 0 Å². The molecule has 0 atom stereocenters. The van der Waals surface area contributed by atoms with E-state index >= 15 is 0 Å². The van der Waals surface area contributed by atoms with Crippen LogP contribution in [0.4, 0.5) is 5.69 Å². The summed E-state index contributed by atoms with van der Waals surface area (Å²) in [6.07, 6.45) is 0. The molecule has 0 aliphatic heterocycles. The number of anilines is 1. The molecule has 0 aromatic heterocycles. The van der Waals surface area contributed by atoms with Gasteiger partial charge < -0.3 is 15.2 Å². The van der Waals surface area contributed by atoms with E-state index in [1.54, 1.807) is 12.1 Å². The van der Waals surface area contributed by atoms with Gasteiger partial charge in [-0.05, 0) is 55.3 Å². The summed E-state index contributed by atoms with van der Waals surface area (Å²) in [7, 11) is 0. The van der Waals surface area contributed by atoms with Crippen molar-refractivity contribution in [1.82, 2.24) is 0 Å². The number of ether oxygens (including phenoxy) is 1. The molecule has 0 bridgehead atoms. The summed E-state index contributed by atoms with van der Waals surface area (Å²) in [6, 6.07) is 7.93. The Balaban J connectivity index is 2.00. The number of carbonyl (C=O) groups is 1. The van der Waals surface area contributed by atoms with E-state index in [9.17, 15) is 9.90 Å². The zero-order chi connectivity index (χ0) is 16.3. The van der Waals surface area contributed by atoms with Crippen LogP contribution in [0.5, 0.6) is 11.5 Å². The van der Waals surface area contributed by atoms with Crippen LogP contribution < -0.4 is 10.1 Å². The molecule has 1 amide bonds. The maximum absolute atomic E-state index is 11.9. The number of phenols is 1. The molecule has 116 valence electrons. The summed E-state index contributed by atoms with van der Waals surface area (Å²) in [5.41, 5.74) is 2.00. The van der Waals surface area contributed by atoms with Gasteiger partial charge in [-0.2, -0.15) is 0 Å². The van der Waals surface area contributed by atoms with Crippen molar-refractivity contribution in [3.63, 3.8) is 0 Å². The van der Waals surface area contributed by atoms with E-state index in [4.69, 9.17) is 27.9 Å². The Kier molecular flexibility index (Phi) is 5.16. The lowest BCUT2D eigenvalue weighted by Crippen LogP contribution is -2.20. The molecule has 0 unspecified atom stereocenters. The zero-order valence-corrected chi connectivity index (χ0v) is 13.6. The first-order valence-electron chi connectivity index (χ1n) is 6.54. The number of amides is 1. The van der Waals surface area contributed by atoms with Crippen molar-refractivity contribution in [3.8, 4) is 11.5 Å². The van der Waals surface area contributed by atoms with E-state index in [-0.39, 0.29) is 18.0 Å². The highest BCUT2D eigenvalue weighted by molar-refractivity contribution is 6.32. The van der Waals surface area contributed by atoms with E-state index in [2.05, 4.69) is 5.32 Å². The number of aryl methyl sites for hydroxylation is 2. The van der Waals surface area contributed by atoms with E-state index in [0.29, 0.717) is 15.8 Å². The summed E-state index contributed by atoms with van der Waals surface area (Å²) in [6.45, 7) is 3.55. The average Bonchev–Trinajstić information content (AvgIpc) is 2.46. The number of aromatic hydroxyl groups is 1. The monoisotopic (exact) mass is 339 g/mol. The second kappa shape index (κ2) is 6.90. The molecular weight excluding hydrogens is 325 g/mol. The van der Waals surface area contributed by atoms with Crippen LogP contribution in [0.25, 0.3) is 0 Å². The van der Waals surface area contributed by atoms with Crippen molar-refractivity contribution in [3.05, 3.63) is 51.5 Å². The van der Waals surface area contributed by atoms with Gasteiger partial charge >= 0.3 is 0 Å². The minimum Gasteiger partial charge on any atom is -0.506 e. The standard InChI is InChI=1S/C16H15Cl2NO3/c1-9-5-12(6-10(2)16(9)18)22-8-15(21)19-13-7-11(17)3-4-14(13)20/h3-7,20H,8H2,1-2H3,(H,19,21). The van der Waals surface area contributed by atoms with Crippen LogP contribution >= 0.6 is 23.2 Å². The minimum absolute atomic E-state index is 0.0593. The van der Waals surface area contributed by atoms with Gasteiger partial charge in [0.15, 0.2) is 6.61 Å². The molecule has 22 heavy (non-hydrogen) atoms. The second-order valence-corrected chi connectivity index (χ2v) is 5.68. The molecule has 0 heterocycles. The number of halogens is 2. The molecule has 0 aliphatic carbocycles. The van der Waals surface area contributed by atoms with Crippen molar-refractivity contribution >= 4 is 34.8 Å². The number of phenolic OH excluding ortho intramolecular Hbond substituents is 1. The highest BCUT2D eigenvalue weighted by Gasteiger charge is 2.09. The predicted molar refractivity (Wildman–Crippen MR) is 88.2 cm³/mol. The van der Waals surface area contributed by atoms with Gasteiger partial charge in [-0.25, -0.2) is 0 Å². The molecular formula is C16H15Cl2NO3. The largest absolute Gasteiger partial charge is 0.506 e. The van der Waals surface area contributed by atoms with E-state index < -0.39 is 5.91 Å². The van der Waals surface area contributed by atoms with Gasteiger partial charge in [-0.15, -0.1) is 0 Å². The molecule has 0 radical (unpaired) electrons. The van der Waals surface area contributed by atoms with Crippen LogP contribution in [0.1, 0.15) is 11.1 Å². The Labute approximate surface area is 138 Å². The summed E-state index contributed by atoms with van der Waals surface area (Å²) < 4.78 is 5.44. The number of benzene rings is 2. The van der Waals surface area contributed by atoms with Crippen LogP contribution in [0, 0.1) is 13.8 Å². The average molecular weight is 340 g/mol. The Hall–Kier alpha value is -1.91. The fraction of sp³-hybridized carbons (Fsp3) is 0.188. The number of carbonyl (C=O) groups excluding carboxylic acids is 1. The number of nitrogens with one attached hydrogen (secondary N) is 1. The number of rotatable bonds is 4. The van der Waals surface area contributed by atoms with Crippen LogP contribution in [-0.4, -0.2) is 17.6 Å². The van der Waals surface area contributed by atoms with Gasteiger partial charge in [0.25, 0.3) is 5.91 Å². The van der Waals surface area contributed by atoms with E-state index in [1.807, 2.05) is 13.8 Å². The SMILES string of the molecule is Cc1cc(OCC(=O)Nc2cc(Cl)ccc2O)cc(C)c1Cl. The lowest BCUT2D eigenvalue weighted by Gasteiger charge is -2.11. The smallest absolute Gasteiger partial charge is 0.262 e. The Morgan fingerprint density at radius 2 is 1.82 bits per heavy atom. The van der Waals surface area contributed by atoms with E-state index in [0.717, 1.165) is 11.1 Å².